The SMILES string of the molecule is CC(C)CCN1C[C@@H]2N(c3ncccn3)CCC[C@@]2(C(=O)NCC2CC2)C1. The van der Waals surface area contributed by atoms with Crippen molar-refractivity contribution in [2.24, 2.45) is 17.3 Å². The van der Waals surface area contributed by atoms with Gasteiger partial charge in [-0.2, -0.15) is 0 Å². The molecule has 3 aliphatic rings. The van der Waals surface area contributed by atoms with E-state index in [2.05, 4.69) is 38.9 Å². The molecule has 1 aromatic rings. The standard InChI is InChI=1S/C21H33N5O/c1-16(2)7-12-25-14-18-21(15-25,19(27)24-13-17-5-6-17)8-3-11-26(18)20-22-9-4-10-23-20/h4,9-10,16-18H,3,5-8,11-15H2,1-2H3,(H,24,27)/t18-,21+/m0/s1. The molecule has 1 aliphatic carbocycles. The third-order valence-corrected chi connectivity index (χ3v) is 6.51. The summed E-state index contributed by atoms with van der Waals surface area (Å²) in [5.74, 6) is 2.42. The summed E-state index contributed by atoms with van der Waals surface area (Å²) in [6.07, 6.45) is 9.30. The molecule has 1 N–H and O–H groups in total. The zero-order valence-electron chi connectivity index (χ0n) is 16.7. The van der Waals surface area contributed by atoms with Gasteiger partial charge in [-0.25, -0.2) is 9.97 Å². The first kappa shape index (κ1) is 18.7. The number of hydrogen-bond acceptors (Lipinski definition) is 5. The van der Waals surface area contributed by atoms with Crippen LogP contribution in [0.15, 0.2) is 18.5 Å². The van der Waals surface area contributed by atoms with Crippen molar-refractivity contribution in [3.8, 4) is 0 Å². The molecule has 2 atom stereocenters. The van der Waals surface area contributed by atoms with E-state index in [9.17, 15) is 4.79 Å². The third-order valence-electron chi connectivity index (χ3n) is 6.51. The number of piperidine rings is 1. The number of rotatable bonds is 7. The first-order chi connectivity index (χ1) is 13.1. The molecule has 1 saturated carbocycles. The molecule has 27 heavy (non-hydrogen) atoms. The minimum absolute atomic E-state index is 0.167. The molecule has 2 saturated heterocycles. The van der Waals surface area contributed by atoms with Crippen molar-refractivity contribution in [3.63, 3.8) is 0 Å². The summed E-state index contributed by atoms with van der Waals surface area (Å²) < 4.78 is 0. The summed E-state index contributed by atoms with van der Waals surface area (Å²) in [6.45, 7) is 9.18. The summed E-state index contributed by atoms with van der Waals surface area (Å²) in [4.78, 5) is 27.2. The first-order valence-electron chi connectivity index (χ1n) is 10.6. The summed E-state index contributed by atoms with van der Waals surface area (Å²) in [7, 11) is 0. The van der Waals surface area contributed by atoms with E-state index in [1.165, 1.54) is 19.3 Å². The molecular weight excluding hydrogens is 338 g/mol. The molecule has 1 amide bonds. The molecule has 148 valence electrons. The lowest BCUT2D eigenvalue weighted by molar-refractivity contribution is -0.132. The van der Waals surface area contributed by atoms with Gasteiger partial charge >= 0.3 is 0 Å². The number of fused-ring (bicyclic) bond motifs is 1. The van der Waals surface area contributed by atoms with Gasteiger partial charge in [0.15, 0.2) is 0 Å². The number of nitrogens with one attached hydrogen (secondary N) is 1. The van der Waals surface area contributed by atoms with Gasteiger partial charge in [0.1, 0.15) is 0 Å². The summed E-state index contributed by atoms with van der Waals surface area (Å²) >= 11 is 0. The Hall–Kier alpha value is -1.69. The molecule has 0 spiro atoms. The quantitative estimate of drug-likeness (QED) is 0.797. The number of carbonyl (C=O) groups is 1. The van der Waals surface area contributed by atoms with Crippen LogP contribution in [0.1, 0.15) is 46.0 Å². The van der Waals surface area contributed by atoms with Crippen molar-refractivity contribution in [2.75, 3.05) is 37.6 Å². The van der Waals surface area contributed by atoms with Gasteiger partial charge in [0.2, 0.25) is 11.9 Å². The molecule has 1 aromatic heterocycles. The second-order valence-corrected chi connectivity index (χ2v) is 9.09. The van der Waals surface area contributed by atoms with Crippen LogP contribution < -0.4 is 10.2 Å². The topological polar surface area (TPSA) is 61.4 Å². The van der Waals surface area contributed by atoms with E-state index in [-0.39, 0.29) is 17.4 Å². The minimum Gasteiger partial charge on any atom is -0.355 e. The van der Waals surface area contributed by atoms with Gasteiger partial charge in [-0.15, -0.1) is 0 Å². The van der Waals surface area contributed by atoms with Crippen molar-refractivity contribution in [1.82, 2.24) is 20.2 Å². The monoisotopic (exact) mass is 371 g/mol. The highest BCUT2D eigenvalue weighted by atomic mass is 16.2. The Bertz CT molecular complexity index is 647. The Morgan fingerprint density at radius 2 is 2.11 bits per heavy atom. The van der Waals surface area contributed by atoms with E-state index in [1.54, 1.807) is 12.4 Å². The minimum atomic E-state index is -0.330. The van der Waals surface area contributed by atoms with Crippen molar-refractivity contribution < 1.29 is 4.79 Å². The van der Waals surface area contributed by atoms with Crippen LogP contribution in [0.3, 0.4) is 0 Å². The maximum atomic E-state index is 13.4. The maximum Gasteiger partial charge on any atom is 0.229 e. The zero-order chi connectivity index (χ0) is 18.9. The fourth-order valence-corrected chi connectivity index (χ4v) is 4.71. The Labute approximate surface area is 162 Å². The van der Waals surface area contributed by atoms with E-state index in [4.69, 9.17) is 0 Å². The molecule has 3 heterocycles. The average molecular weight is 372 g/mol. The van der Waals surface area contributed by atoms with Crippen LogP contribution >= 0.6 is 0 Å². The van der Waals surface area contributed by atoms with Gasteiger partial charge in [0.05, 0.1) is 11.5 Å². The summed E-state index contributed by atoms with van der Waals surface area (Å²) in [5, 5.41) is 3.30. The predicted octanol–water partition coefficient (Wildman–Crippen LogP) is 2.32. The number of aromatic nitrogens is 2. The number of amides is 1. The third kappa shape index (κ3) is 3.96. The lowest BCUT2D eigenvalue weighted by Crippen LogP contribution is -2.59. The van der Waals surface area contributed by atoms with Crippen LogP contribution in [0.2, 0.25) is 0 Å². The smallest absolute Gasteiger partial charge is 0.229 e. The van der Waals surface area contributed by atoms with Crippen molar-refractivity contribution in [1.29, 1.82) is 0 Å². The molecule has 6 nitrogen and oxygen atoms in total. The number of nitrogens with zero attached hydrogens (tertiary/aromatic N) is 4. The van der Waals surface area contributed by atoms with Crippen LogP contribution in [-0.4, -0.2) is 59.5 Å². The number of carbonyl (C=O) groups excluding carboxylic acids is 1. The molecule has 0 bridgehead atoms. The second kappa shape index (κ2) is 7.74. The van der Waals surface area contributed by atoms with Gasteiger partial charge in [0, 0.05) is 38.6 Å². The van der Waals surface area contributed by atoms with Crippen LogP contribution in [0, 0.1) is 17.3 Å². The highest BCUT2D eigenvalue weighted by Crippen LogP contribution is 2.43. The lowest BCUT2D eigenvalue weighted by Gasteiger charge is -2.44. The van der Waals surface area contributed by atoms with Crippen LogP contribution in [-0.2, 0) is 4.79 Å². The second-order valence-electron chi connectivity index (χ2n) is 9.09. The van der Waals surface area contributed by atoms with E-state index in [0.717, 1.165) is 51.5 Å². The van der Waals surface area contributed by atoms with Crippen LogP contribution in [0.25, 0.3) is 0 Å². The van der Waals surface area contributed by atoms with Crippen LogP contribution in [0.4, 0.5) is 5.95 Å². The molecular formula is C21H33N5O. The van der Waals surface area contributed by atoms with E-state index >= 15 is 0 Å². The molecule has 3 fully saturated rings. The molecule has 0 unspecified atom stereocenters. The first-order valence-corrected chi connectivity index (χ1v) is 10.6. The van der Waals surface area contributed by atoms with E-state index < -0.39 is 0 Å². The zero-order valence-corrected chi connectivity index (χ0v) is 16.7. The van der Waals surface area contributed by atoms with Gasteiger partial charge in [0.25, 0.3) is 0 Å². The predicted molar refractivity (Wildman–Crippen MR) is 106 cm³/mol. The number of hydrogen-bond donors (Lipinski definition) is 1. The Morgan fingerprint density at radius 1 is 1.33 bits per heavy atom. The fourth-order valence-electron chi connectivity index (χ4n) is 4.71. The maximum absolute atomic E-state index is 13.4. The van der Waals surface area contributed by atoms with Gasteiger partial charge < -0.3 is 15.1 Å². The van der Waals surface area contributed by atoms with E-state index in [0.29, 0.717) is 11.8 Å². The average Bonchev–Trinajstić information content (AvgIpc) is 3.42. The molecule has 6 heteroatoms. The fraction of sp³-hybridized carbons (Fsp3) is 0.762. The van der Waals surface area contributed by atoms with Gasteiger partial charge in [-0.3, -0.25) is 4.79 Å². The van der Waals surface area contributed by atoms with Crippen molar-refractivity contribution in [3.05, 3.63) is 18.5 Å². The Balaban J connectivity index is 1.56. The number of likely N-dealkylation sites (tertiary alicyclic amines) is 1. The molecule has 2 aliphatic heterocycles. The van der Waals surface area contributed by atoms with Crippen molar-refractivity contribution >= 4 is 11.9 Å². The van der Waals surface area contributed by atoms with Gasteiger partial charge in [-0.05, 0) is 56.6 Å². The molecule has 4 rings (SSSR count). The highest BCUT2D eigenvalue weighted by Gasteiger charge is 2.56. The Kier molecular flexibility index (Phi) is 5.35. The van der Waals surface area contributed by atoms with Crippen molar-refractivity contribution in [2.45, 2.75) is 52.0 Å². The van der Waals surface area contributed by atoms with Crippen LogP contribution in [0.5, 0.6) is 0 Å². The van der Waals surface area contributed by atoms with Gasteiger partial charge in [-0.1, -0.05) is 13.8 Å². The van der Waals surface area contributed by atoms with E-state index in [1.807, 2.05) is 6.07 Å². The summed E-state index contributed by atoms with van der Waals surface area (Å²) in [6, 6.07) is 2.02. The summed E-state index contributed by atoms with van der Waals surface area (Å²) in [5.41, 5.74) is -0.330. The molecule has 0 aromatic carbocycles. The Morgan fingerprint density at radius 3 is 2.81 bits per heavy atom. The lowest BCUT2D eigenvalue weighted by atomic mass is 9.74. The highest BCUT2D eigenvalue weighted by molar-refractivity contribution is 5.85. The normalized spacial score (nSPS) is 28.4. The molecule has 0 radical (unpaired) electrons. The largest absolute Gasteiger partial charge is 0.355 e. The number of anilines is 1.